The Balaban J connectivity index is 1.77. The van der Waals surface area contributed by atoms with E-state index < -0.39 is 0 Å². The van der Waals surface area contributed by atoms with Gasteiger partial charge in [0, 0.05) is 24.7 Å². The molecule has 21 heavy (non-hydrogen) atoms. The number of rotatable bonds is 3. The maximum Gasteiger partial charge on any atom is 0.137 e. The van der Waals surface area contributed by atoms with Crippen LogP contribution in [-0.4, -0.2) is 27.9 Å². The molecule has 1 aliphatic rings. The minimum Gasteiger partial charge on any atom is -0.370 e. The third-order valence-electron chi connectivity index (χ3n) is 3.85. The average molecular weight is 302 g/mol. The fourth-order valence-electron chi connectivity index (χ4n) is 2.89. The number of hydrogen-bond acceptors (Lipinski definition) is 4. The molecule has 0 bridgehead atoms. The minimum absolute atomic E-state index is 0.506. The van der Waals surface area contributed by atoms with Crippen LogP contribution in [0.5, 0.6) is 0 Å². The molecule has 1 aliphatic heterocycles. The second kappa shape index (κ2) is 6.15. The van der Waals surface area contributed by atoms with Crippen molar-refractivity contribution in [3.63, 3.8) is 0 Å². The largest absolute Gasteiger partial charge is 0.370 e. The predicted molar refractivity (Wildman–Crippen MR) is 81.1 cm³/mol. The Kier molecular flexibility index (Phi) is 4.07. The zero-order valence-electron chi connectivity index (χ0n) is 11.6. The van der Waals surface area contributed by atoms with Crippen molar-refractivity contribution >= 4 is 17.3 Å². The Bertz CT molecular complexity index is 647. The van der Waals surface area contributed by atoms with Gasteiger partial charge in [0.15, 0.2) is 0 Å². The molecule has 0 amide bonds. The molecule has 0 radical (unpaired) electrons. The summed E-state index contributed by atoms with van der Waals surface area (Å²) in [5.41, 5.74) is 1.62. The van der Waals surface area contributed by atoms with Crippen LogP contribution < -0.4 is 4.90 Å². The van der Waals surface area contributed by atoms with Crippen molar-refractivity contribution in [2.75, 3.05) is 18.0 Å². The monoisotopic (exact) mass is 301 g/mol. The number of piperidine rings is 1. The molecule has 6 heteroatoms. The molecule has 0 spiro atoms. The molecule has 3 rings (SSSR count). The van der Waals surface area contributed by atoms with Gasteiger partial charge in [-0.1, -0.05) is 11.6 Å². The molecule has 1 fully saturated rings. The molecule has 108 valence electrons. The summed E-state index contributed by atoms with van der Waals surface area (Å²) in [4.78, 5) is 6.24. The van der Waals surface area contributed by atoms with Crippen LogP contribution in [0.1, 0.15) is 18.4 Å². The van der Waals surface area contributed by atoms with Gasteiger partial charge < -0.3 is 4.90 Å². The third kappa shape index (κ3) is 3.17. The molecule has 1 aromatic carbocycles. The van der Waals surface area contributed by atoms with Crippen LogP contribution >= 0.6 is 11.6 Å². The molecule has 5 nitrogen and oxygen atoms in total. The van der Waals surface area contributed by atoms with Gasteiger partial charge in [0.2, 0.25) is 0 Å². The standard InChI is InChI=1S/C15H16ClN5/c16-14-4-3-13(7-17)15(6-14)20-5-1-2-12(8-20)9-21-11-18-10-19-21/h3-4,6,10-12H,1-2,5,8-9H2. The lowest BCUT2D eigenvalue weighted by Gasteiger charge is -2.34. The van der Waals surface area contributed by atoms with Crippen LogP contribution in [0, 0.1) is 17.2 Å². The lowest BCUT2D eigenvalue weighted by molar-refractivity contribution is 0.351. The van der Waals surface area contributed by atoms with E-state index in [0.717, 1.165) is 31.7 Å². The summed E-state index contributed by atoms with van der Waals surface area (Å²) >= 11 is 6.09. The average Bonchev–Trinajstić information content (AvgIpc) is 3.00. The molecule has 2 aromatic rings. The van der Waals surface area contributed by atoms with Gasteiger partial charge in [-0.15, -0.1) is 0 Å². The number of benzene rings is 1. The second-order valence-corrected chi connectivity index (χ2v) is 5.78. The van der Waals surface area contributed by atoms with Crippen molar-refractivity contribution in [2.24, 2.45) is 5.92 Å². The Morgan fingerprint density at radius 1 is 1.43 bits per heavy atom. The maximum atomic E-state index is 9.27. The molecule has 2 heterocycles. The van der Waals surface area contributed by atoms with Crippen molar-refractivity contribution < 1.29 is 0 Å². The number of nitriles is 1. The number of halogens is 1. The molecule has 1 atom stereocenters. The molecule has 1 saturated heterocycles. The topological polar surface area (TPSA) is 57.7 Å². The quantitative estimate of drug-likeness (QED) is 0.874. The lowest BCUT2D eigenvalue weighted by atomic mass is 9.97. The van der Waals surface area contributed by atoms with E-state index in [2.05, 4.69) is 21.1 Å². The van der Waals surface area contributed by atoms with Gasteiger partial charge in [-0.25, -0.2) is 4.98 Å². The summed E-state index contributed by atoms with van der Waals surface area (Å²) in [5.74, 6) is 0.506. The molecular weight excluding hydrogens is 286 g/mol. The van der Waals surface area contributed by atoms with E-state index in [1.807, 2.05) is 10.7 Å². The molecular formula is C15H16ClN5. The Morgan fingerprint density at radius 3 is 3.10 bits per heavy atom. The Morgan fingerprint density at radius 2 is 2.33 bits per heavy atom. The zero-order valence-corrected chi connectivity index (χ0v) is 12.4. The number of nitrogens with zero attached hydrogens (tertiary/aromatic N) is 5. The van der Waals surface area contributed by atoms with Crippen molar-refractivity contribution in [1.29, 1.82) is 5.26 Å². The highest BCUT2D eigenvalue weighted by Gasteiger charge is 2.22. The van der Waals surface area contributed by atoms with Crippen molar-refractivity contribution in [1.82, 2.24) is 14.8 Å². The molecule has 0 aliphatic carbocycles. The zero-order chi connectivity index (χ0) is 14.7. The van der Waals surface area contributed by atoms with E-state index in [1.54, 1.807) is 24.8 Å². The number of hydrogen-bond donors (Lipinski definition) is 0. The van der Waals surface area contributed by atoms with Crippen LogP contribution in [0.15, 0.2) is 30.9 Å². The fourth-order valence-corrected chi connectivity index (χ4v) is 3.05. The summed E-state index contributed by atoms with van der Waals surface area (Å²) in [5, 5.41) is 14.1. The van der Waals surface area contributed by atoms with Crippen LogP contribution in [-0.2, 0) is 6.54 Å². The van der Waals surface area contributed by atoms with E-state index in [-0.39, 0.29) is 0 Å². The number of anilines is 1. The Hall–Kier alpha value is -2.06. The van der Waals surface area contributed by atoms with Gasteiger partial charge in [-0.2, -0.15) is 10.4 Å². The first-order valence-corrected chi connectivity index (χ1v) is 7.41. The van der Waals surface area contributed by atoms with E-state index in [1.165, 1.54) is 6.42 Å². The molecule has 0 N–H and O–H groups in total. The van der Waals surface area contributed by atoms with E-state index in [0.29, 0.717) is 16.5 Å². The molecule has 0 saturated carbocycles. The van der Waals surface area contributed by atoms with E-state index in [4.69, 9.17) is 11.6 Å². The minimum atomic E-state index is 0.506. The predicted octanol–water partition coefficient (Wildman–Crippen LogP) is 2.72. The summed E-state index contributed by atoms with van der Waals surface area (Å²) in [6.07, 6.45) is 5.58. The molecule has 1 aromatic heterocycles. The highest BCUT2D eigenvalue weighted by Crippen LogP contribution is 2.29. The van der Waals surface area contributed by atoms with Crippen LogP contribution in [0.4, 0.5) is 5.69 Å². The summed E-state index contributed by atoms with van der Waals surface area (Å²) in [6.45, 7) is 2.73. The highest BCUT2D eigenvalue weighted by atomic mass is 35.5. The lowest BCUT2D eigenvalue weighted by Crippen LogP contribution is -2.37. The second-order valence-electron chi connectivity index (χ2n) is 5.35. The van der Waals surface area contributed by atoms with Crippen molar-refractivity contribution in [3.05, 3.63) is 41.4 Å². The summed E-state index contributed by atoms with van der Waals surface area (Å²) in [7, 11) is 0. The first-order chi connectivity index (χ1) is 10.3. The highest BCUT2D eigenvalue weighted by molar-refractivity contribution is 6.30. The van der Waals surface area contributed by atoms with Crippen molar-refractivity contribution in [2.45, 2.75) is 19.4 Å². The SMILES string of the molecule is N#Cc1ccc(Cl)cc1N1CCCC(Cn2cncn2)C1. The molecule has 1 unspecified atom stereocenters. The van der Waals surface area contributed by atoms with Crippen LogP contribution in [0.25, 0.3) is 0 Å². The van der Waals surface area contributed by atoms with Gasteiger partial charge in [-0.05, 0) is 37.0 Å². The van der Waals surface area contributed by atoms with Gasteiger partial charge in [-0.3, -0.25) is 4.68 Å². The van der Waals surface area contributed by atoms with Gasteiger partial charge in [0.05, 0.1) is 11.3 Å². The van der Waals surface area contributed by atoms with Crippen LogP contribution in [0.3, 0.4) is 0 Å². The Labute approximate surface area is 128 Å². The van der Waals surface area contributed by atoms with Gasteiger partial charge in [0.25, 0.3) is 0 Å². The van der Waals surface area contributed by atoms with E-state index in [9.17, 15) is 5.26 Å². The van der Waals surface area contributed by atoms with Crippen molar-refractivity contribution in [3.8, 4) is 6.07 Å². The first kappa shape index (κ1) is 13.9. The van der Waals surface area contributed by atoms with Crippen LogP contribution in [0.2, 0.25) is 5.02 Å². The first-order valence-electron chi connectivity index (χ1n) is 7.03. The summed E-state index contributed by atoms with van der Waals surface area (Å²) < 4.78 is 1.87. The number of aromatic nitrogens is 3. The van der Waals surface area contributed by atoms with Gasteiger partial charge in [0.1, 0.15) is 18.7 Å². The summed E-state index contributed by atoms with van der Waals surface area (Å²) in [6, 6.07) is 7.69. The fraction of sp³-hybridized carbons (Fsp3) is 0.400. The normalized spacial score (nSPS) is 18.5. The maximum absolute atomic E-state index is 9.27. The van der Waals surface area contributed by atoms with Gasteiger partial charge >= 0.3 is 0 Å². The van der Waals surface area contributed by atoms with E-state index >= 15 is 0 Å². The third-order valence-corrected chi connectivity index (χ3v) is 4.09. The smallest absolute Gasteiger partial charge is 0.137 e.